The van der Waals surface area contributed by atoms with Crippen LogP contribution in [-0.2, 0) is 10.5 Å². The van der Waals surface area contributed by atoms with Crippen molar-refractivity contribution < 1.29 is 4.74 Å². The minimum Gasteiger partial charge on any atom is -0.370 e. The molecule has 2 aromatic heterocycles. The van der Waals surface area contributed by atoms with Crippen LogP contribution in [0, 0.1) is 0 Å². The summed E-state index contributed by atoms with van der Waals surface area (Å²) in [5.41, 5.74) is 1.04. The highest BCUT2D eigenvalue weighted by Gasteiger charge is 2.23. The molecule has 3 aromatic rings. The maximum atomic E-state index is 6.15. The van der Waals surface area contributed by atoms with Crippen molar-refractivity contribution in [3.63, 3.8) is 0 Å². The van der Waals surface area contributed by atoms with Crippen LogP contribution in [0.4, 0.5) is 0 Å². The van der Waals surface area contributed by atoms with E-state index in [2.05, 4.69) is 21.2 Å². The monoisotopic (exact) mass is 347 g/mol. The van der Waals surface area contributed by atoms with Crippen LogP contribution < -0.4 is 5.84 Å². The summed E-state index contributed by atoms with van der Waals surface area (Å²) in [4.78, 5) is 4.63. The molecule has 1 atom stereocenters. The molecule has 0 aliphatic carbocycles. The third-order valence-electron chi connectivity index (χ3n) is 3.82. The zero-order valence-electron chi connectivity index (χ0n) is 12.5. The van der Waals surface area contributed by atoms with Crippen molar-refractivity contribution in [2.45, 2.75) is 36.3 Å². The van der Waals surface area contributed by atoms with Crippen molar-refractivity contribution in [1.82, 2.24) is 19.9 Å². The minimum absolute atomic E-state index is 0.0296. The first-order valence-electron chi connectivity index (χ1n) is 7.60. The van der Waals surface area contributed by atoms with E-state index < -0.39 is 0 Å². The Balaban J connectivity index is 1.47. The Hall–Kier alpha value is -1.64. The van der Waals surface area contributed by atoms with E-state index in [-0.39, 0.29) is 6.10 Å². The molecule has 0 bridgehead atoms. The van der Waals surface area contributed by atoms with Gasteiger partial charge in [0.15, 0.2) is 5.82 Å². The molecule has 120 valence electrons. The van der Waals surface area contributed by atoms with E-state index in [9.17, 15) is 0 Å². The number of aromatic nitrogens is 4. The summed E-state index contributed by atoms with van der Waals surface area (Å²) in [6.07, 6.45) is 3.18. The van der Waals surface area contributed by atoms with E-state index >= 15 is 0 Å². The lowest BCUT2D eigenvalue weighted by Crippen LogP contribution is -2.21. The van der Waals surface area contributed by atoms with Crippen LogP contribution in [0.15, 0.2) is 29.4 Å². The normalized spacial score (nSPS) is 18.5. The highest BCUT2D eigenvalue weighted by atomic mass is 32.2. The van der Waals surface area contributed by atoms with Crippen molar-refractivity contribution in [3.05, 3.63) is 35.1 Å². The number of fused-ring (bicyclic) bond motifs is 1. The molecule has 1 aromatic carbocycles. The predicted octanol–water partition coefficient (Wildman–Crippen LogP) is 3.14. The molecule has 4 rings (SSSR count). The zero-order chi connectivity index (χ0) is 15.6. The van der Waals surface area contributed by atoms with E-state index in [0.717, 1.165) is 48.0 Å². The molecular formula is C15H17N5OS2. The number of nitrogen functional groups attached to an aromatic ring is 1. The van der Waals surface area contributed by atoms with E-state index in [1.165, 1.54) is 4.70 Å². The predicted molar refractivity (Wildman–Crippen MR) is 91.9 cm³/mol. The number of benzene rings is 1. The third kappa shape index (κ3) is 3.06. The van der Waals surface area contributed by atoms with Gasteiger partial charge in [0.05, 0.1) is 16.0 Å². The number of nitrogens with two attached hydrogens (primary N) is 1. The standard InChI is InChI=1S/C15H17N5OS2/c16-20-14(11-6-3-4-8-21-11)18-19-15(20)22-9-13-17-10-5-1-2-7-12(10)23-13/h1-2,5,7,11H,3-4,6,8-9,16H2. The van der Waals surface area contributed by atoms with Crippen molar-refractivity contribution in [2.75, 3.05) is 12.4 Å². The summed E-state index contributed by atoms with van der Waals surface area (Å²) < 4.78 is 8.50. The Morgan fingerprint density at radius 2 is 2.22 bits per heavy atom. The average molecular weight is 347 g/mol. The summed E-state index contributed by atoms with van der Waals surface area (Å²) >= 11 is 3.26. The summed E-state index contributed by atoms with van der Waals surface area (Å²) in [5.74, 6) is 7.60. The Labute approximate surface area is 142 Å². The van der Waals surface area contributed by atoms with Gasteiger partial charge in [0.2, 0.25) is 5.16 Å². The third-order valence-corrected chi connectivity index (χ3v) is 5.99. The number of thioether (sulfide) groups is 1. The summed E-state index contributed by atoms with van der Waals surface area (Å²) in [5, 5.41) is 10.2. The fourth-order valence-electron chi connectivity index (χ4n) is 2.66. The highest BCUT2D eigenvalue weighted by Crippen LogP contribution is 2.30. The molecule has 1 fully saturated rings. The van der Waals surface area contributed by atoms with Gasteiger partial charge < -0.3 is 10.6 Å². The second-order valence-corrected chi connectivity index (χ2v) is 7.49. The molecule has 0 saturated carbocycles. The van der Waals surface area contributed by atoms with Gasteiger partial charge >= 0.3 is 0 Å². The van der Waals surface area contributed by atoms with Crippen molar-refractivity contribution in [2.24, 2.45) is 0 Å². The maximum Gasteiger partial charge on any atom is 0.210 e. The average Bonchev–Trinajstić information content (AvgIpc) is 3.17. The van der Waals surface area contributed by atoms with E-state index in [0.29, 0.717) is 5.16 Å². The summed E-state index contributed by atoms with van der Waals surface area (Å²) in [7, 11) is 0. The Morgan fingerprint density at radius 3 is 3.04 bits per heavy atom. The molecule has 1 aliphatic heterocycles. The molecule has 3 heterocycles. The number of nitrogens with zero attached hydrogens (tertiary/aromatic N) is 4. The second kappa shape index (κ2) is 6.46. The molecular weight excluding hydrogens is 330 g/mol. The lowest BCUT2D eigenvalue weighted by atomic mass is 10.1. The maximum absolute atomic E-state index is 6.15. The molecule has 2 N–H and O–H groups in total. The smallest absolute Gasteiger partial charge is 0.210 e. The molecule has 1 saturated heterocycles. The van der Waals surface area contributed by atoms with Gasteiger partial charge in [-0.25, -0.2) is 9.66 Å². The fraction of sp³-hybridized carbons (Fsp3) is 0.400. The zero-order valence-corrected chi connectivity index (χ0v) is 14.1. The first kappa shape index (κ1) is 14.9. The lowest BCUT2D eigenvalue weighted by molar-refractivity contribution is 0.00780. The largest absolute Gasteiger partial charge is 0.370 e. The van der Waals surface area contributed by atoms with E-state index in [4.69, 9.17) is 10.6 Å². The first-order chi connectivity index (χ1) is 11.3. The van der Waals surface area contributed by atoms with Gasteiger partial charge in [0, 0.05) is 6.61 Å². The van der Waals surface area contributed by atoms with Crippen LogP contribution in [0.2, 0.25) is 0 Å². The van der Waals surface area contributed by atoms with Crippen molar-refractivity contribution >= 4 is 33.3 Å². The Kier molecular flexibility index (Phi) is 4.19. The van der Waals surface area contributed by atoms with Crippen LogP contribution in [0.5, 0.6) is 0 Å². The molecule has 0 radical (unpaired) electrons. The molecule has 1 aliphatic rings. The number of thiazole rings is 1. The quantitative estimate of drug-likeness (QED) is 0.577. The van der Waals surface area contributed by atoms with Crippen LogP contribution in [0.1, 0.15) is 36.2 Å². The number of hydrogen-bond donors (Lipinski definition) is 1. The van der Waals surface area contributed by atoms with Crippen LogP contribution >= 0.6 is 23.1 Å². The number of para-hydroxylation sites is 1. The fourth-order valence-corrected chi connectivity index (χ4v) is 4.48. The van der Waals surface area contributed by atoms with Gasteiger partial charge in [0.1, 0.15) is 11.1 Å². The van der Waals surface area contributed by atoms with Crippen molar-refractivity contribution in [1.29, 1.82) is 0 Å². The number of rotatable bonds is 4. The van der Waals surface area contributed by atoms with Gasteiger partial charge in [-0.15, -0.1) is 21.5 Å². The molecule has 1 unspecified atom stereocenters. The van der Waals surface area contributed by atoms with Crippen LogP contribution in [-0.4, -0.2) is 26.5 Å². The molecule has 0 spiro atoms. The van der Waals surface area contributed by atoms with Gasteiger partial charge in [-0.1, -0.05) is 23.9 Å². The SMILES string of the molecule is Nn1c(SCc2nc3ccccc3s2)nnc1C1CCCCO1. The number of ether oxygens (including phenoxy) is 1. The minimum atomic E-state index is -0.0296. The first-order valence-corrected chi connectivity index (χ1v) is 9.41. The Bertz CT molecular complexity index is 776. The topological polar surface area (TPSA) is 78.9 Å². The molecule has 6 nitrogen and oxygen atoms in total. The van der Waals surface area contributed by atoms with E-state index in [1.54, 1.807) is 27.8 Å². The number of hydrogen-bond acceptors (Lipinski definition) is 7. The molecule has 23 heavy (non-hydrogen) atoms. The van der Waals surface area contributed by atoms with Gasteiger partial charge in [-0.2, -0.15) is 0 Å². The van der Waals surface area contributed by atoms with Gasteiger partial charge in [-0.05, 0) is 31.4 Å². The molecule has 0 amide bonds. The summed E-state index contributed by atoms with van der Waals surface area (Å²) in [6.45, 7) is 0.770. The summed E-state index contributed by atoms with van der Waals surface area (Å²) in [6, 6.07) is 8.16. The second-order valence-electron chi connectivity index (χ2n) is 5.43. The van der Waals surface area contributed by atoms with Crippen molar-refractivity contribution in [3.8, 4) is 0 Å². The van der Waals surface area contributed by atoms with Gasteiger partial charge in [-0.3, -0.25) is 0 Å². The highest BCUT2D eigenvalue weighted by molar-refractivity contribution is 7.98. The van der Waals surface area contributed by atoms with Gasteiger partial charge in [0.25, 0.3) is 0 Å². The lowest BCUT2D eigenvalue weighted by Gasteiger charge is -2.21. The van der Waals surface area contributed by atoms with E-state index in [1.807, 2.05) is 18.2 Å². The molecule has 8 heteroatoms. The Morgan fingerprint density at radius 1 is 1.30 bits per heavy atom. The van der Waals surface area contributed by atoms with Crippen LogP contribution in [0.3, 0.4) is 0 Å². The van der Waals surface area contributed by atoms with Crippen LogP contribution in [0.25, 0.3) is 10.2 Å².